The summed E-state index contributed by atoms with van der Waals surface area (Å²) in [6, 6.07) is 3.51. The summed E-state index contributed by atoms with van der Waals surface area (Å²) in [4.78, 5) is 29.7. The van der Waals surface area contributed by atoms with Crippen LogP contribution in [-0.4, -0.2) is 40.5 Å². The third kappa shape index (κ3) is 5.51. The first-order valence-electron chi connectivity index (χ1n) is 7.95. The summed E-state index contributed by atoms with van der Waals surface area (Å²) in [5, 5.41) is 0. The molecule has 0 aliphatic carbocycles. The number of hydrogen-bond donors (Lipinski definition) is 0. The van der Waals surface area contributed by atoms with Gasteiger partial charge in [-0.3, -0.25) is 9.78 Å². The molecular formula is C18H24N2O3. The van der Waals surface area contributed by atoms with Crippen LogP contribution in [0.5, 0.6) is 0 Å². The predicted molar refractivity (Wildman–Crippen MR) is 88.2 cm³/mol. The molecule has 1 saturated heterocycles. The fourth-order valence-electron chi connectivity index (χ4n) is 2.43. The first-order valence-corrected chi connectivity index (χ1v) is 7.95. The molecule has 124 valence electrons. The van der Waals surface area contributed by atoms with Crippen LogP contribution in [0.2, 0.25) is 0 Å². The molecule has 5 heteroatoms. The number of rotatable bonds is 3. The highest BCUT2D eigenvalue weighted by atomic mass is 16.6. The second kappa shape index (κ2) is 7.40. The molecule has 0 aromatic carbocycles. The van der Waals surface area contributed by atoms with Gasteiger partial charge in [0.25, 0.3) is 0 Å². The lowest BCUT2D eigenvalue weighted by Gasteiger charge is -2.32. The Bertz CT molecular complexity index is 568. The van der Waals surface area contributed by atoms with Crippen molar-refractivity contribution in [2.24, 2.45) is 5.92 Å². The van der Waals surface area contributed by atoms with E-state index in [1.807, 2.05) is 26.8 Å². The van der Waals surface area contributed by atoms with Crippen molar-refractivity contribution in [2.75, 3.05) is 13.1 Å². The molecule has 23 heavy (non-hydrogen) atoms. The van der Waals surface area contributed by atoms with Crippen LogP contribution in [0.25, 0.3) is 0 Å². The van der Waals surface area contributed by atoms with Gasteiger partial charge in [-0.1, -0.05) is 6.08 Å². The molecule has 0 radical (unpaired) electrons. The lowest BCUT2D eigenvalue weighted by Crippen LogP contribution is -2.41. The topological polar surface area (TPSA) is 59.5 Å². The molecule has 1 aromatic rings. The van der Waals surface area contributed by atoms with E-state index in [4.69, 9.17) is 4.74 Å². The molecule has 1 aliphatic heterocycles. The molecule has 1 fully saturated rings. The summed E-state index contributed by atoms with van der Waals surface area (Å²) in [7, 11) is 0. The lowest BCUT2D eigenvalue weighted by molar-refractivity contribution is 0.0197. The smallest absolute Gasteiger partial charge is 0.410 e. The summed E-state index contributed by atoms with van der Waals surface area (Å²) in [5.41, 5.74) is 0.124. The number of pyridine rings is 1. The summed E-state index contributed by atoms with van der Waals surface area (Å²) in [6.07, 6.45) is 8.20. The molecule has 2 heterocycles. The summed E-state index contributed by atoms with van der Waals surface area (Å²) in [6.45, 7) is 6.91. The van der Waals surface area contributed by atoms with Crippen molar-refractivity contribution < 1.29 is 14.3 Å². The second-order valence-corrected chi connectivity index (χ2v) is 6.77. The normalized spacial score (nSPS) is 16.6. The molecule has 0 atom stereocenters. The number of piperidine rings is 1. The minimum Gasteiger partial charge on any atom is -0.444 e. The van der Waals surface area contributed by atoms with Gasteiger partial charge in [0.1, 0.15) is 5.60 Å². The zero-order valence-electron chi connectivity index (χ0n) is 14.0. The van der Waals surface area contributed by atoms with E-state index in [-0.39, 0.29) is 11.9 Å². The number of amides is 1. The zero-order valence-corrected chi connectivity index (χ0v) is 14.0. The van der Waals surface area contributed by atoms with Gasteiger partial charge in [0.2, 0.25) is 0 Å². The van der Waals surface area contributed by atoms with Crippen LogP contribution in [0, 0.1) is 5.92 Å². The Kier molecular flexibility index (Phi) is 5.53. The van der Waals surface area contributed by atoms with Crippen molar-refractivity contribution in [1.29, 1.82) is 0 Å². The van der Waals surface area contributed by atoms with Gasteiger partial charge in [-0.2, -0.15) is 0 Å². The number of likely N-dealkylation sites (tertiary alicyclic amines) is 1. The highest BCUT2D eigenvalue weighted by molar-refractivity contribution is 6.04. The Morgan fingerprint density at radius 1 is 1.30 bits per heavy atom. The number of ketones is 1. The molecule has 1 amide bonds. The molecule has 5 nitrogen and oxygen atoms in total. The first-order chi connectivity index (χ1) is 10.8. The Labute approximate surface area is 137 Å². The maximum atomic E-state index is 12.0. The first kappa shape index (κ1) is 17.2. The van der Waals surface area contributed by atoms with Crippen molar-refractivity contribution in [3.63, 3.8) is 0 Å². The van der Waals surface area contributed by atoms with E-state index in [1.165, 1.54) is 0 Å². The average Bonchev–Trinajstić information content (AvgIpc) is 2.52. The summed E-state index contributed by atoms with van der Waals surface area (Å²) >= 11 is 0. The Balaban J connectivity index is 1.82. The maximum absolute atomic E-state index is 12.0. The number of carbonyl (C=O) groups is 2. The molecule has 1 aromatic heterocycles. The number of aromatic nitrogens is 1. The van der Waals surface area contributed by atoms with Crippen molar-refractivity contribution >= 4 is 11.9 Å². The van der Waals surface area contributed by atoms with Gasteiger partial charge in [0.15, 0.2) is 5.78 Å². The minimum atomic E-state index is -0.468. The largest absolute Gasteiger partial charge is 0.444 e. The minimum absolute atomic E-state index is 0.0346. The van der Waals surface area contributed by atoms with Crippen LogP contribution in [0.4, 0.5) is 4.79 Å². The van der Waals surface area contributed by atoms with E-state index in [2.05, 4.69) is 4.98 Å². The molecule has 0 saturated carbocycles. The Morgan fingerprint density at radius 2 is 2.00 bits per heavy atom. The number of nitrogens with zero attached hydrogens (tertiary/aromatic N) is 2. The Hall–Kier alpha value is -2.17. The van der Waals surface area contributed by atoms with E-state index in [0.29, 0.717) is 24.6 Å². The van der Waals surface area contributed by atoms with Gasteiger partial charge in [0, 0.05) is 31.0 Å². The third-order valence-electron chi connectivity index (χ3n) is 3.66. The van der Waals surface area contributed by atoms with Gasteiger partial charge in [0.05, 0.1) is 0 Å². The molecule has 0 unspecified atom stereocenters. The number of ether oxygens (including phenoxy) is 1. The van der Waals surface area contributed by atoms with Gasteiger partial charge < -0.3 is 9.64 Å². The van der Waals surface area contributed by atoms with Crippen LogP contribution < -0.4 is 0 Å². The van der Waals surface area contributed by atoms with Gasteiger partial charge in [-0.05, 0) is 57.7 Å². The lowest BCUT2D eigenvalue weighted by atomic mass is 9.96. The molecule has 0 spiro atoms. The zero-order chi connectivity index (χ0) is 16.9. The molecule has 2 rings (SSSR count). The molecular weight excluding hydrogens is 292 g/mol. The van der Waals surface area contributed by atoms with Crippen LogP contribution in [0.1, 0.15) is 44.0 Å². The number of allylic oxidation sites excluding steroid dienone is 2. The summed E-state index contributed by atoms with van der Waals surface area (Å²) in [5.74, 6) is 0.280. The predicted octanol–water partition coefficient (Wildman–Crippen LogP) is 3.47. The Morgan fingerprint density at radius 3 is 2.57 bits per heavy atom. The highest BCUT2D eigenvalue weighted by Gasteiger charge is 2.25. The fourth-order valence-corrected chi connectivity index (χ4v) is 2.43. The summed E-state index contributed by atoms with van der Waals surface area (Å²) < 4.78 is 5.38. The number of hydrogen-bond acceptors (Lipinski definition) is 4. The van der Waals surface area contributed by atoms with E-state index in [9.17, 15) is 9.59 Å². The monoisotopic (exact) mass is 316 g/mol. The van der Waals surface area contributed by atoms with Crippen LogP contribution >= 0.6 is 0 Å². The maximum Gasteiger partial charge on any atom is 0.410 e. The van der Waals surface area contributed by atoms with E-state index < -0.39 is 5.60 Å². The van der Waals surface area contributed by atoms with Crippen molar-refractivity contribution in [3.8, 4) is 0 Å². The van der Waals surface area contributed by atoms with E-state index in [0.717, 1.165) is 12.8 Å². The van der Waals surface area contributed by atoms with Gasteiger partial charge >= 0.3 is 6.09 Å². The second-order valence-electron chi connectivity index (χ2n) is 6.77. The highest BCUT2D eigenvalue weighted by Crippen LogP contribution is 2.20. The number of carbonyl (C=O) groups excluding carboxylic acids is 2. The van der Waals surface area contributed by atoms with E-state index >= 15 is 0 Å². The third-order valence-corrected chi connectivity index (χ3v) is 3.66. The van der Waals surface area contributed by atoms with E-state index in [1.54, 1.807) is 35.5 Å². The average molecular weight is 316 g/mol. The van der Waals surface area contributed by atoms with Crippen LogP contribution in [-0.2, 0) is 4.74 Å². The molecule has 0 N–H and O–H groups in total. The van der Waals surface area contributed by atoms with Crippen molar-refractivity contribution in [1.82, 2.24) is 9.88 Å². The molecule has 1 aliphatic rings. The fraction of sp³-hybridized carbons (Fsp3) is 0.500. The van der Waals surface area contributed by atoms with Crippen LogP contribution in [0.3, 0.4) is 0 Å². The standard InChI is InChI=1S/C18H24N2O3/c1-18(2,3)23-17(22)20-11-8-14(9-12-20)6-7-16(21)15-5-4-10-19-13-15/h4-7,10,13-14H,8-9,11-12H2,1-3H3. The van der Waals surface area contributed by atoms with Gasteiger partial charge in [-0.25, -0.2) is 4.79 Å². The SMILES string of the molecule is CC(C)(C)OC(=O)N1CCC(C=CC(=O)c2cccnc2)CC1. The van der Waals surface area contributed by atoms with Crippen molar-refractivity contribution in [3.05, 3.63) is 42.2 Å². The van der Waals surface area contributed by atoms with Crippen molar-refractivity contribution in [2.45, 2.75) is 39.2 Å². The molecule has 0 bridgehead atoms. The van der Waals surface area contributed by atoms with Gasteiger partial charge in [-0.15, -0.1) is 0 Å². The quantitative estimate of drug-likeness (QED) is 0.633. The van der Waals surface area contributed by atoms with Crippen LogP contribution in [0.15, 0.2) is 36.7 Å².